The highest BCUT2D eigenvalue weighted by molar-refractivity contribution is 5.99. The lowest BCUT2D eigenvalue weighted by Gasteiger charge is -2.29. The van der Waals surface area contributed by atoms with E-state index >= 15 is 0 Å². The topological polar surface area (TPSA) is 141 Å². The summed E-state index contributed by atoms with van der Waals surface area (Å²) in [6, 6.07) is 14.9. The number of phenols is 1. The summed E-state index contributed by atoms with van der Waals surface area (Å²) >= 11 is 0. The van der Waals surface area contributed by atoms with E-state index in [0.717, 1.165) is 10.8 Å². The molecule has 0 saturated heterocycles. The fourth-order valence-corrected chi connectivity index (χ4v) is 4.03. The van der Waals surface area contributed by atoms with Gasteiger partial charge in [0.1, 0.15) is 11.6 Å². The average Bonchev–Trinajstić information content (AvgIpc) is 2.72. The molecule has 4 N–H and O–H groups in total. The lowest BCUT2D eigenvalue weighted by atomic mass is 9.81. The van der Waals surface area contributed by atoms with Gasteiger partial charge < -0.3 is 10.4 Å². The Morgan fingerprint density at radius 2 is 1.77 bits per heavy atom. The van der Waals surface area contributed by atoms with Crippen LogP contribution in [0.5, 0.6) is 5.75 Å². The maximum Gasteiger partial charge on any atom is 0.327 e. The number of anilines is 2. The van der Waals surface area contributed by atoms with Crippen LogP contribution in [-0.4, -0.2) is 20.0 Å². The van der Waals surface area contributed by atoms with Crippen molar-refractivity contribution in [3.8, 4) is 5.75 Å². The van der Waals surface area contributed by atoms with Gasteiger partial charge >= 0.3 is 5.69 Å². The highest BCUT2D eigenvalue weighted by Crippen LogP contribution is 2.47. The molecule has 0 fully saturated rings. The van der Waals surface area contributed by atoms with Gasteiger partial charge in [-0.3, -0.25) is 24.9 Å². The van der Waals surface area contributed by atoms with E-state index in [1.165, 1.54) is 18.2 Å². The number of rotatable bonds is 2. The number of nitro groups is 1. The molecule has 4 aromatic rings. The van der Waals surface area contributed by atoms with Gasteiger partial charge in [0.05, 0.1) is 16.2 Å². The Hall–Kier alpha value is -4.40. The molecule has 0 saturated carbocycles. The van der Waals surface area contributed by atoms with Gasteiger partial charge in [-0.25, -0.2) is 4.79 Å². The van der Waals surface area contributed by atoms with Gasteiger partial charge in [0.25, 0.3) is 11.2 Å². The zero-order chi connectivity index (χ0) is 21.0. The molecule has 3 aromatic carbocycles. The number of non-ortho nitro benzene ring substituents is 1. The van der Waals surface area contributed by atoms with Crippen LogP contribution in [0.25, 0.3) is 10.8 Å². The van der Waals surface area contributed by atoms with E-state index in [9.17, 15) is 24.8 Å². The van der Waals surface area contributed by atoms with Gasteiger partial charge in [-0.05, 0) is 17.0 Å². The predicted molar refractivity (Wildman–Crippen MR) is 111 cm³/mol. The number of hydrogen-bond donors (Lipinski definition) is 4. The van der Waals surface area contributed by atoms with E-state index in [1.54, 1.807) is 6.07 Å². The summed E-state index contributed by atoms with van der Waals surface area (Å²) in [5.41, 5.74) is 0.112. The van der Waals surface area contributed by atoms with Crippen molar-refractivity contribution in [3.05, 3.63) is 102 Å². The molecule has 9 heteroatoms. The summed E-state index contributed by atoms with van der Waals surface area (Å²) in [5.74, 6) is -0.840. The molecule has 0 spiro atoms. The van der Waals surface area contributed by atoms with Crippen molar-refractivity contribution in [1.82, 2.24) is 9.97 Å². The third kappa shape index (κ3) is 2.56. The van der Waals surface area contributed by atoms with Gasteiger partial charge in [0.2, 0.25) is 0 Å². The molecule has 0 aliphatic carbocycles. The van der Waals surface area contributed by atoms with Crippen molar-refractivity contribution >= 4 is 28.0 Å². The standard InChI is InChI=1S/C21H14N4O5/c26-15-8-6-11(25(29)30)9-14(15)16-13-7-5-10-3-1-2-4-12(10)18(13)22-19-17(16)20(27)24-21(28)23-19/h1-9,16,26H,(H3,22,23,24,27,28). The minimum absolute atomic E-state index is 0.160. The minimum Gasteiger partial charge on any atom is -0.508 e. The van der Waals surface area contributed by atoms with Crippen LogP contribution in [0.3, 0.4) is 0 Å². The second-order valence-corrected chi connectivity index (χ2v) is 7.01. The summed E-state index contributed by atoms with van der Waals surface area (Å²) in [6.07, 6.45) is 0. The first-order valence-electron chi connectivity index (χ1n) is 9.06. The molecule has 0 amide bonds. The van der Waals surface area contributed by atoms with Crippen molar-refractivity contribution < 1.29 is 10.0 Å². The molecular weight excluding hydrogens is 388 g/mol. The Kier molecular flexibility index (Phi) is 3.72. The van der Waals surface area contributed by atoms with E-state index in [2.05, 4.69) is 15.3 Å². The third-order valence-electron chi connectivity index (χ3n) is 5.32. The molecule has 2 heterocycles. The van der Waals surface area contributed by atoms with Crippen molar-refractivity contribution in [3.63, 3.8) is 0 Å². The molecule has 1 unspecified atom stereocenters. The Bertz CT molecular complexity index is 1470. The number of nitrogens with one attached hydrogen (secondary N) is 3. The summed E-state index contributed by atoms with van der Waals surface area (Å²) in [5, 5.41) is 26.8. The number of aromatic hydroxyl groups is 1. The first-order chi connectivity index (χ1) is 14.4. The molecule has 1 atom stereocenters. The number of aromatic amines is 2. The normalized spacial score (nSPS) is 14.6. The number of nitrogens with zero attached hydrogens (tertiary/aromatic N) is 1. The van der Waals surface area contributed by atoms with Crippen molar-refractivity contribution in [2.45, 2.75) is 5.92 Å². The highest BCUT2D eigenvalue weighted by Gasteiger charge is 2.34. The molecule has 5 rings (SSSR count). The summed E-state index contributed by atoms with van der Waals surface area (Å²) in [7, 11) is 0. The SMILES string of the molecule is O=c1[nH]c2c(c(=O)[nH]1)C(c1cc([N+](=O)[O-])ccc1O)c1ccc3ccccc3c1N2. The van der Waals surface area contributed by atoms with Crippen LogP contribution in [0.15, 0.2) is 64.2 Å². The van der Waals surface area contributed by atoms with Crippen LogP contribution in [0.4, 0.5) is 17.2 Å². The summed E-state index contributed by atoms with van der Waals surface area (Å²) < 4.78 is 0. The van der Waals surface area contributed by atoms with Crippen molar-refractivity contribution in [2.75, 3.05) is 5.32 Å². The number of fused-ring (bicyclic) bond motifs is 4. The molecule has 1 aliphatic rings. The van der Waals surface area contributed by atoms with Crippen LogP contribution in [-0.2, 0) is 0 Å². The number of benzene rings is 3. The van der Waals surface area contributed by atoms with Gasteiger partial charge in [0, 0.05) is 29.0 Å². The second kappa shape index (κ2) is 6.31. The summed E-state index contributed by atoms with van der Waals surface area (Å²) in [6.45, 7) is 0. The fourth-order valence-electron chi connectivity index (χ4n) is 4.03. The molecule has 148 valence electrons. The van der Waals surface area contributed by atoms with Crippen LogP contribution >= 0.6 is 0 Å². The number of hydrogen-bond acceptors (Lipinski definition) is 6. The predicted octanol–water partition coefficient (Wildman–Crippen LogP) is 3.07. The van der Waals surface area contributed by atoms with Gasteiger partial charge in [-0.2, -0.15) is 0 Å². The van der Waals surface area contributed by atoms with Crippen LogP contribution in [0.1, 0.15) is 22.6 Å². The van der Waals surface area contributed by atoms with Crippen LogP contribution < -0.4 is 16.6 Å². The second-order valence-electron chi connectivity index (χ2n) is 7.01. The van der Waals surface area contributed by atoms with E-state index in [0.29, 0.717) is 11.3 Å². The van der Waals surface area contributed by atoms with Crippen LogP contribution in [0, 0.1) is 10.1 Å². The Labute approximate surface area is 167 Å². The lowest BCUT2D eigenvalue weighted by Crippen LogP contribution is -2.32. The van der Waals surface area contributed by atoms with Gasteiger partial charge in [-0.15, -0.1) is 0 Å². The fraction of sp³-hybridized carbons (Fsp3) is 0.0476. The molecule has 0 bridgehead atoms. The first-order valence-corrected chi connectivity index (χ1v) is 9.06. The quantitative estimate of drug-likeness (QED) is 0.264. The third-order valence-corrected chi connectivity index (χ3v) is 5.32. The molecule has 1 aliphatic heterocycles. The van der Waals surface area contributed by atoms with E-state index in [1.807, 2.05) is 30.3 Å². The van der Waals surface area contributed by atoms with Crippen molar-refractivity contribution in [1.29, 1.82) is 0 Å². The number of H-pyrrole nitrogens is 2. The van der Waals surface area contributed by atoms with Gasteiger partial charge in [0.15, 0.2) is 0 Å². The lowest BCUT2D eigenvalue weighted by molar-refractivity contribution is -0.384. The number of phenolic OH excluding ortho intramolecular Hbond substituents is 1. The Morgan fingerprint density at radius 1 is 0.967 bits per heavy atom. The maximum atomic E-state index is 12.7. The largest absolute Gasteiger partial charge is 0.508 e. The maximum absolute atomic E-state index is 12.7. The van der Waals surface area contributed by atoms with E-state index < -0.39 is 22.1 Å². The molecule has 30 heavy (non-hydrogen) atoms. The minimum atomic E-state index is -0.832. The number of aromatic nitrogens is 2. The van der Waals surface area contributed by atoms with Crippen LogP contribution in [0.2, 0.25) is 0 Å². The summed E-state index contributed by atoms with van der Waals surface area (Å²) in [4.78, 5) is 40.2. The molecule has 0 radical (unpaired) electrons. The highest BCUT2D eigenvalue weighted by atomic mass is 16.6. The molecule has 9 nitrogen and oxygen atoms in total. The monoisotopic (exact) mass is 402 g/mol. The van der Waals surface area contributed by atoms with Gasteiger partial charge in [-0.1, -0.05) is 36.4 Å². The zero-order valence-electron chi connectivity index (χ0n) is 15.3. The molecular formula is C21H14N4O5. The smallest absolute Gasteiger partial charge is 0.327 e. The van der Waals surface area contributed by atoms with E-state index in [4.69, 9.17) is 0 Å². The Morgan fingerprint density at radius 3 is 2.57 bits per heavy atom. The first kappa shape index (κ1) is 17.7. The van der Waals surface area contributed by atoms with Crippen molar-refractivity contribution in [2.24, 2.45) is 0 Å². The zero-order valence-corrected chi connectivity index (χ0v) is 15.3. The average molecular weight is 402 g/mol. The van der Waals surface area contributed by atoms with E-state index in [-0.39, 0.29) is 28.4 Å². The Balaban J connectivity index is 1.89. The number of nitro benzene ring substituents is 1. The molecule has 1 aromatic heterocycles.